The Morgan fingerprint density at radius 2 is 1.87 bits per heavy atom. The van der Waals surface area contributed by atoms with E-state index < -0.39 is 10.0 Å². The second kappa shape index (κ2) is 6.71. The van der Waals surface area contributed by atoms with Gasteiger partial charge in [0.25, 0.3) is 0 Å². The molecule has 1 aliphatic heterocycles. The fraction of sp³-hybridized carbons (Fsp3) is 0.941. The minimum absolute atomic E-state index is 0.0284. The van der Waals surface area contributed by atoms with E-state index in [1.54, 1.807) is 6.92 Å². The van der Waals surface area contributed by atoms with E-state index >= 15 is 0 Å². The molecule has 1 N–H and O–H groups in total. The average Bonchev–Trinajstić information content (AvgIpc) is 3.18. The van der Waals surface area contributed by atoms with Gasteiger partial charge in [-0.3, -0.25) is 4.79 Å². The van der Waals surface area contributed by atoms with Crippen molar-refractivity contribution in [1.29, 1.82) is 0 Å². The van der Waals surface area contributed by atoms with Gasteiger partial charge < -0.3 is 5.32 Å². The van der Waals surface area contributed by atoms with Gasteiger partial charge in [0.15, 0.2) is 0 Å². The van der Waals surface area contributed by atoms with Gasteiger partial charge in [-0.1, -0.05) is 6.42 Å². The van der Waals surface area contributed by atoms with Gasteiger partial charge >= 0.3 is 0 Å². The van der Waals surface area contributed by atoms with Crippen LogP contribution >= 0.6 is 0 Å². The zero-order valence-corrected chi connectivity index (χ0v) is 15.1. The Bertz CT molecular complexity index is 540. The summed E-state index contributed by atoms with van der Waals surface area (Å²) in [4.78, 5) is 12.5. The number of hydrogen-bond acceptors (Lipinski definition) is 3. The highest BCUT2D eigenvalue weighted by molar-refractivity contribution is 7.89. The topological polar surface area (TPSA) is 66.5 Å². The lowest BCUT2D eigenvalue weighted by Crippen LogP contribution is -2.47. The highest BCUT2D eigenvalue weighted by Crippen LogP contribution is 2.49. The quantitative estimate of drug-likeness (QED) is 0.831. The Kier molecular flexibility index (Phi) is 5.02. The van der Waals surface area contributed by atoms with Crippen molar-refractivity contribution >= 4 is 15.9 Å². The third kappa shape index (κ3) is 3.58. The fourth-order valence-corrected chi connectivity index (χ4v) is 6.07. The highest BCUT2D eigenvalue weighted by Gasteiger charge is 2.42. The van der Waals surface area contributed by atoms with Crippen LogP contribution in [-0.2, 0) is 14.8 Å². The number of sulfonamides is 1. The molecule has 132 valence electrons. The Hall–Kier alpha value is -0.620. The Morgan fingerprint density at radius 1 is 1.17 bits per heavy atom. The van der Waals surface area contributed by atoms with Crippen LogP contribution in [-0.4, -0.2) is 43.5 Å². The molecule has 1 saturated heterocycles. The third-order valence-electron chi connectivity index (χ3n) is 6.39. The van der Waals surface area contributed by atoms with E-state index in [0.29, 0.717) is 31.8 Å². The van der Waals surface area contributed by atoms with Gasteiger partial charge in [-0.2, -0.15) is 0 Å². The summed E-state index contributed by atoms with van der Waals surface area (Å²) in [5.41, 5.74) is 0. The van der Waals surface area contributed by atoms with E-state index in [0.717, 1.165) is 11.8 Å². The summed E-state index contributed by atoms with van der Waals surface area (Å²) in [6.45, 7) is 4.79. The standard InChI is InChI=1S/C17H30N2O3S/c1-3-23(21,22)19-8-6-14(7-9-19)17(20)18-12(2)16-11-13-4-5-15(16)10-13/h12-16H,3-11H2,1-2H3,(H,18,20)/t12-,13-,15-,16-/m0/s1. The van der Waals surface area contributed by atoms with Gasteiger partial charge in [-0.25, -0.2) is 12.7 Å². The van der Waals surface area contributed by atoms with Crippen LogP contribution < -0.4 is 5.32 Å². The maximum absolute atomic E-state index is 12.5. The third-order valence-corrected chi connectivity index (χ3v) is 8.27. The van der Waals surface area contributed by atoms with Gasteiger partial charge in [0.1, 0.15) is 0 Å². The molecule has 0 aromatic carbocycles. The summed E-state index contributed by atoms with van der Waals surface area (Å²) in [5.74, 6) is 2.61. The van der Waals surface area contributed by atoms with E-state index in [1.165, 1.54) is 30.0 Å². The molecular formula is C17H30N2O3S. The number of rotatable bonds is 5. The van der Waals surface area contributed by atoms with Crippen molar-refractivity contribution in [3.63, 3.8) is 0 Å². The molecule has 1 amide bonds. The van der Waals surface area contributed by atoms with E-state index in [1.807, 2.05) is 0 Å². The number of piperidine rings is 1. The maximum atomic E-state index is 12.5. The Balaban J connectivity index is 1.48. The second-order valence-electron chi connectivity index (χ2n) is 7.71. The number of hydrogen-bond donors (Lipinski definition) is 1. The molecule has 5 nitrogen and oxygen atoms in total. The van der Waals surface area contributed by atoms with Crippen LogP contribution in [0.5, 0.6) is 0 Å². The maximum Gasteiger partial charge on any atom is 0.223 e. The van der Waals surface area contributed by atoms with Crippen LogP contribution in [0.15, 0.2) is 0 Å². The van der Waals surface area contributed by atoms with E-state index in [2.05, 4.69) is 12.2 Å². The Morgan fingerprint density at radius 3 is 2.39 bits per heavy atom. The summed E-state index contributed by atoms with van der Waals surface area (Å²) in [7, 11) is -3.11. The van der Waals surface area contributed by atoms with Crippen LogP contribution in [0.3, 0.4) is 0 Å². The molecule has 23 heavy (non-hydrogen) atoms. The molecule has 0 spiro atoms. The summed E-state index contributed by atoms with van der Waals surface area (Å²) < 4.78 is 25.3. The van der Waals surface area contributed by atoms with Crippen LogP contribution in [0.4, 0.5) is 0 Å². The molecule has 0 aromatic rings. The molecule has 6 heteroatoms. The fourth-order valence-electron chi connectivity index (χ4n) is 4.93. The number of carbonyl (C=O) groups excluding carboxylic acids is 1. The molecule has 2 saturated carbocycles. The number of fused-ring (bicyclic) bond motifs is 2. The summed E-state index contributed by atoms with van der Waals surface area (Å²) in [6, 6.07) is 0.259. The molecule has 0 aromatic heterocycles. The zero-order chi connectivity index (χ0) is 16.6. The van der Waals surface area contributed by atoms with E-state index in [9.17, 15) is 13.2 Å². The molecule has 0 radical (unpaired) electrons. The minimum Gasteiger partial charge on any atom is -0.353 e. The zero-order valence-electron chi connectivity index (χ0n) is 14.3. The van der Waals surface area contributed by atoms with Gasteiger partial charge in [0.2, 0.25) is 15.9 Å². The first-order valence-electron chi connectivity index (χ1n) is 9.19. The van der Waals surface area contributed by atoms with Gasteiger partial charge in [-0.05, 0) is 63.7 Å². The number of carbonyl (C=O) groups is 1. The van der Waals surface area contributed by atoms with E-state index in [-0.39, 0.29) is 23.6 Å². The van der Waals surface area contributed by atoms with Crippen molar-refractivity contribution in [2.45, 2.75) is 58.4 Å². The largest absolute Gasteiger partial charge is 0.353 e. The molecule has 4 atom stereocenters. The van der Waals surface area contributed by atoms with Crippen molar-refractivity contribution in [2.24, 2.45) is 23.7 Å². The first-order chi connectivity index (χ1) is 10.9. The van der Waals surface area contributed by atoms with Crippen LogP contribution in [0, 0.1) is 23.7 Å². The molecule has 1 heterocycles. The summed E-state index contributed by atoms with van der Waals surface area (Å²) >= 11 is 0. The smallest absolute Gasteiger partial charge is 0.223 e. The monoisotopic (exact) mass is 342 g/mol. The first-order valence-corrected chi connectivity index (χ1v) is 10.8. The SMILES string of the molecule is CCS(=O)(=O)N1CCC(C(=O)N[C@@H](C)[C@@H]2C[C@H]3CC[C@H]2C3)CC1. The van der Waals surface area contributed by atoms with E-state index in [4.69, 9.17) is 0 Å². The van der Waals surface area contributed by atoms with Gasteiger partial charge in [-0.15, -0.1) is 0 Å². The molecule has 2 aliphatic carbocycles. The molecule has 3 fully saturated rings. The number of nitrogens with one attached hydrogen (secondary N) is 1. The van der Waals surface area contributed by atoms with Crippen molar-refractivity contribution in [3.8, 4) is 0 Å². The summed E-state index contributed by atoms with van der Waals surface area (Å²) in [6.07, 6.45) is 6.65. The average molecular weight is 343 g/mol. The lowest BCUT2D eigenvalue weighted by atomic mass is 9.83. The van der Waals surface area contributed by atoms with Crippen molar-refractivity contribution < 1.29 is 13.2 Å². The van der Waals surface area contributed by atoms with Crippen LogP contribution in [0.25, 0.3) is 0 Å². The van der Waals surface area contributed by atoms with Crippen molar-refractivity contribution in [3.05, 3.63) is 0 Å². The minimum atomic E-state index is -3.11. The van der Waals surface area contributed by atoms with Gasteiger partial charge in [0, 0.05) is 25.0 Å². The molecule has 2 bridgehead atoms. The van der Waals surface area contributed by atoms with Crippen LogP contribution in [0.2, 0.25) is 0 Å². The second-order valence-corrected chi connectivity index (χ2v) is 9.97. The number of nitrogens with zero attached hydrogens (tertiary/aromatic N) is 1. The Labute approximate surface area is 140 Å². The summed E-state index contributed by atoms with van der Waals surface area (Å²) in [5, 5.41) is 3.24. The predicted octanol–water partition coefficient (Wildman–Crippen LogP) is 1.99. The number of amides is 1. The molecule has 0 unspecified atom stereocenters. The van der Waals surface area contributed by atoms with Crippen molar-refractivity contribution in [2.75, 3.05) is 18.8 Å². The predicted molar refractivity (Wildman–Crippen MR) is 90.3 cm³/mol. The van der Waals surface area contributed by atoms with Crippen molar-refractivity contribution in [1.82, 2.24) is 9.62 Å². The normalized spacial score (nSPS) is 33.7. The lowest BCUT2D eigenvalue weighted by Gasteiger charge is -2.33. The lowest BCUT2D eigenvalue weighted by molar-refractivity contribution is -0.127. The first kappa shape index (κ1) is 17.2. The van der Waals surface area contributed by atoms with Crippen LogP contribution in [0.1, 0.15) is 52.4 Å². The van der Waals surface area contributed by atoms with Gasteiger partial charge in [0.05, 0.1) is 5.75 Å². The molecule has 3 aliphatic rings. The molecule has 3 rings (SSSR count). The highest BCUT2D eigenvalue weighted by atomic mass is 32.2. The molecular weight excluding hydrogens is 312 g/mol.